The highest BCUT2D eigenvalue weighted by Gasteiger charge is 2.09. The molecule has 0 aromatic carbocycles. The number of rotatable bonds is 8. The molecule has 20 heavy (non-hydrogen) atoms. The van der Waals surface area contributed by atoms with Crippen molar-refractivity contribution in [3.63, 3.8) is 0 Å². The Morgan fingerprint density at radius 1 is 1.55 bits per heavy atom. The monoisotopic (exact) mass is 339 g/mol. The van der Waals surface area contributed by atoms with E-state index in [4.69, 9.17) is 5.73 Å². The minimum Gasteiger partial charge on any atom is -0.468 e. The van der Waals surface area contributed by atoms with E-state index in [1.54, 1.807) is 5.38 Å². The van der Waals surface area contributed by atoms with Crippen molar-refractivity contribution in [2.24, 2.45) is 5.73 Å². The molecule has 0 aliphatic heterocycles. The summed E-state index contributed by atoms with van der Waals surface area (Å²) in [5.74, 6) is 0.491. The summed E-state index contributed by atoms with van der Waals surface area (Å²) in [5.41, 5.74) is 5.84. The summed E-state index contributed by atoms with van der Waals surface area (Å²) in [7, 11) is 1.35. The maximum Gasteiger partial charge on any atom is 0.315 e. The average molecular weight is 340 g/mol. The second-order valence-corrected chi connectivity index (χ2v) is 5.60. The number of nitrogens with zero attached hydrogens (tertiary/aromatic N) is 1. The quantitative estimate of drug-likeness (QED) is 0.535. The van der Waals surface area contributed by atoms with Crippen molar-refractivity contribution in [3.8, 4) is 0 Å². The third-order valence-electron chi connectivity index (χ3n) is 2.12. The number of thioether (sulfide) groups is 1. The Balaban J connectivity index is 0.00000361. The summed E-state index contributed by atoms with van der Waals surface area (Å²) < 4.78 is 4.51. The number of hydrogen-bond donors (Lipinski definition) is 2. The van der Waals surface area contributed by atoms with Gasteiger partial charge < -0.3 is 15.8 Å². The van der Waals surface area contributed by atoms with Gasteiger partial charge in [-0.3, -0.25) is 9.59 Å². The molecular formula is C11H18ClN3O3S2. The van der Waals surface area contributed by atoms with Crippen LogP contribution < -0.4 is 11.1 Å². The summed E-state index contributed by atoms with van der Waals surface area (Å²) in [4.78, 5) is 26.7. The minimum absolute atomic E-state index is 0. The second-order valence-electron chi connectivity index (χ2n) is 3.55. The van der Waals surface area contributed by atoms with Gasteiger partial charge >= 0.3 is 5.97 Å². The van der Waals surface area contributed by atoms with Crippen LogP contribution in [0.15, 0.2) is 5.38 Å². The van der Waals surface area contributed by atoms with Gasteiger partial charge in [0, 0.05) is 24.1 Å². The molecule has 0 bridgehead atoms. The number of aromatic nitrogens is 1. The van der Waals surface area contributed by atoms with E-state index < -0.39 is 0 Å². The van der Waals surface area contributed by atoms with Crippen LogP contribution in [0.1, 0.15) is 15.5 Å². The first kappa shape index (κ1) is 19.2. The molecule has 1 amide bonds. The van der Waals surface area contributed by atoms with Crippen molar-refractivity contribution in [1.29, 1.82) is 0 Å². The van der Waals surface area contributed by atoms with E-state index in [1.165, 1.54) is 30.2 Å². The van der Waals surface area contributed by atoms with Crippen LogP contribution in [0.4, 0.5) is 0 Å². The molecule has 1 aromatic rings. The van der Waals surface area contributed by atoms with E-state index >= 15 is 0 Å². The number of thiazole rings is 1. The lowest BCUT2D eigenvalue weighted by molar-refractivity contribution is -0.137. The zero-order valence-corrected chi connectivity index (χ0v) is 13.5. The number of halogens is 1. The van der Waals surface area contributed by atoms with Gasteiger partial charge in [-0.2, -0.15) is 0 Å². The largest absolute Gasteiger partial charge is 0.468 e. The highest BCUT2D eigenvalue weighted by Crippen LogP contribution is 2.09. The van der Waals surface area contributed by atoms with Gasteiger partial charge in [0.25, 0.3) is 5.91 Å². The molecule has 6 nitrogen and oxygen atoms in total. The second kappa shape index (κ2) is 10.9. The van der Waals surface area contributed by atoms with Crippen molar-refractivity contribution in [1.82, 2.24) is 10.3 Å². The lowest BCUT2D eigenvalue weighted by Gasteiger charge is -2.02. The van der Waals surface area contributed by atoms with Gasteiger partial charge in [0.1, 0.15) is 5.69 Å². The molecule has 0 saturated heterocycles. The zero-order valence-electron chi connectivity index (χ0n) is 11.1. The summed E-state index contributed by atoms with van der Waals surface area (Å²) in [6.45, 7) is 1.02. The van der Waals surface area contributed by atoms with E-state index in [2.05, 4.69) is 15.0 Å². The van der Waals surface area contributed by atoms with E-state index in [0.29, 0.717) is 36.7 Å². The average Bonchev–Trinajstić information content (AvgIpc) is 2.87. The van der Waals surface area contributed by atoms with Gasteiger partial charge in [0.05, 0.1) is 17.9 Å². The lowest BCUT2D eigenvalue weighted by Crippen LogP contribution is -2.26. The normalized spacial score (nSPS) is 9.70. The molecule has 0 spiro atoms. The molecular weight excluding hydrogens is 322 g/mol. The van der Waals surface area contributed by atoms with E-state index in [1.807, 2.05) is 0 Å². The molecule has 1 aromatic heterocycles. The van der Waals surface area contributed by atoms with Crippen LogP contribution in [0, 0.1) is 0 Å². The van der Waals surface area contributed by atoms with Crippen LogP contribution in [0.2, 0.25) is 0 Å². The molecule has 0 radical (unpaired) electrons. The number of carbonyl (C=O) groups excluding carboxylic acids is 2. The van der Waals surface area contributed by atoms with Crippen LogP contribution in [0.5, 0.6) is 0 Å². The topological polar surface area (TPSA) is 94.3 Å². The van der Waals surface area contributed by atoms with Gasteiger partial charge in [-0.25, -0.2) is 4.98 Å². The predicted octanol–water partition coefficient (Wildman–Crippen LogP) is 0.702. The Bertz CT molecular complexity index is 429. The molecule has 0 fully saturated rings. The fraction of sp³-hybridized carbons (Fsp3) is 0.545. The first-order chi connectivity index (χ1) is 9.17. The SMILES string of the molecule is COC(=O)CSCCNC(=O)c1csc(CCN)n1.Cl. The first-order valence-electron chi connectivity index (χ1n) is 5.74. The van der Waals surface area contributed by atoms with Crippen molar-refractivity contribution < 1.29 is 14.3 Å². The van der Waals surface area contributed by atoms with E-state index in [-0.39, 0.29) is 24.3 Å². The van der Waals surface area contributed by atoms with Crippen molar-refractivity contribution in [2.75, 3.05) is 31.7 Å². The first-order valence-corrected chi connectivity index (χ1v) is 7.78. The molecule has 3 N–H and O–H groups in total. The summed E-state index contributed by atoms with van der Waals surface area (Å²) in [6, 6.07) is 0. The highest BCUT2D eigenvalue weighted by molar-refractivity contribution is 7.99. The number of nitrogens with two attached hydrogens (primary N) is 1. The van der Waals surface area contributed by atoms with Crippen molar-refractivity contribution in [2.45, 2.75) is 6.42 Å². The highest BCUT2D eigenvalue weighted by atomic mass is 35.5. The summed E-state index contributed by atoms with van der Waals surface area (Å²) in [6.07, 6.45) is 0.687. The molecule has 0 unspecified atom stereocenters. The third-order valence-corrected chi connectivity index (χ3v) is 3.96. The number of esters is 1. The van der Waals surface area contributed by atoms with E-state index in [9.17, 15) is 9.59 Å². The Kier molecular flexibility index (Phi) is 10.4. The van der Waals surface area contributed by atoms with Gasteiger partial charge in [-0.15, -0.1) is 35.5 Å². The number of hydrogen-bond acceptors (Lipinski definition) is 7. The predicted molar refractivity (Wildman–Crippen MR) is 83.8 cm³/mol. The van der Waals surface area contributed by atoms with Crippen LogP contribution in [0.3, 0.4) is 0 Å². The molecule has 9 heteroatoms. The smallest absolute Gasteiger partial charge is 0.315 e. The number of nitrogens with one attached hydrogen (secondary N) is 1. The molecule has 0 aliphatic rings. The van der Waals surface area contributed by atoms with Gasteiger partial charge in [-0.1, -0.05) is 0 Å². The number of amides is 1. The molecule has 1 rings (SSSR count). The van der Waals surface area contributed by atoms with Crippen LogP contribution in [0.25, 0.3) is 0 Å². The maximum atomic E-state index is 11.7. The summed E-state index contributed by atoms with van der Waals surface area (Å²) in [5, 5.41) is 5.34. The summed E-state index contributed by atoms with van der Waals surface area (Å²) >= 11 is 2.85. The molecule has 0 aliphatic carbocycles. The molecule has 114 valence electrons. The van der Waals surface area contributed by atoms with Crippen molar-refractivity contribution >= 4 is 47.4 Å². The lowest BCUT2D eigenvalue weighted by atomic mass is 10.4. The van der Waals surface area contributed by atoms with Gasteiger partial charge in [0.2, 0.25) is 0 Å². The maximum absolute atomic E-state index is 11.7. The Hall–Kier alpha value is -0.830. The standard InChI is InChI=1S/C11H17N3O3S2.ClH/c1-17-10(15)7-18-5-4-13-11(16)8-6-19-9(14-8)2-3-12;/h6H,2-5,7,12H2,1H3,(H,13,16);1H. The Labute approximate surface area is 132 Å². The number of methoxy groups -OCH3 is 1. The van der Waals surface area contributed by atoms with Gasteiger partial charge in [0.15, 0.2) is 0 Å². The number of carbonyl (C=O) groups is 2. The Morgan fingerprint density at radius 3 is 2.95 bits per heavy atom. The molecule has 0 atom stereocenters. The van der Waals surface area contributed by atoms with E-state index in [0.717, 1.165) is 5.01 Å². The fourth-order valence-electron chi connectivity index (χ4n) is 1.20. The van der Waals surface area contributed by atoms with Crippen LogP contribution in [-0.4, -0.2) is 48.6 Å². The fourth-order valence-corrected chi connectivity index (χ4v) is 2.66. The molecule has 0 saturated carbocycles. The van der Waals surface area contributed by atoms with Crippen LogP contribution >= 0.6 is 35.5 Å². The van der Waals surface area contributed by atoms with Gasteiger partial charge in [-0.05, 0) is 6.54 Å². The number of ether oxygens (including phenoxy) is 1. The minimum atomic E-state index is -0.262. The third kappa shape index (κ3) is 7.09. The van der Waals surface area contributed by atoms with Crippen molar-refractivity contribution in [3.05, 3.63) is 16.1 Å². The Morgan fingerprint density at radius 2 is 2.30 bits per heavy atom. The van der Waals surface area contributed by atoms with Crippen LogP contribution in [-0.2, 0) is 16.0 Å². The zero-order chi connectivity index (χ0) is 14.1. The molecule has 1 heterocycles.